The van der Waals surface area contributed by atoms with Gasteiger partial charge in [-0.05, 0) is 74.6 Å². The Morgan fingerprint density at radius 2 is 1.81 bits per heavy atom. The van der Waals surface area contributed by atoms with E-state index in [1.54, 1.807) is 28.4 Å². The summed E-state index contributed by atoms with van der Waals surface area (Å²) in [7, 11) is 0. The molecule has 7 heteroatoms. The van der Waals surface area contributed by atoms with Gasteiger partial charge in [0, 0.05) is 17.5 Å². The zero-order chi connectivity index (χ0) is 22.0. The maximum absolute atomic E-state index is 13.2. The fraction of sp³-hybridized carbons (Fsp3) is 0.360. The number of anilines is 1. The molecule has 3 aromatic rings. The van der Waals surface area contributed by atoms with E-state index in [-0.39, 0.29) is 36.1 Å². The Labute approximate surface area is 189 Å². The predicted octanol–water partition coefficient (Wildman–Crippen LogP) is 4.30. The SMILES string of the molecule is Cc1ccc2nc(-c3ccc(N4C(=O)CC(N(C(=O)C5CC5)C5CC5)C4=O)cc3)sc2c1. The van der Waals surface area contributed by atoms with Gasteiger partial charge in [0.05, 0.1) is 22.3 Å². The van der Waals surface area contributed by atoms with Crippen LogP contribution in [-0.4, -0.2) is 39.7 Å². The van der Waals surface area contributed by atoms with Crippen molar-refractivity contribution in [1.82, 2.24) is 9.88 Å². The third kappa shape index (κ3) is 3.32. The van der Waals surface area contributed by atoms with Crippen molar-refractivity contribution in [3.05, 3.63) is 48.0 Å². The number of benzene rings is 2. The molecule has 3 amide bonds. The maximum Gasteiger partial charge on any atom is 0.257 e. The molecule has 2 aromatic carbocycles. The van der Waals surface area contributed by atoms with Crippen molar-refractivity contribution in [3.63, 3.8) is 0 Å². The number of imide groups is 1. The Bertz CT molecular complexity index is 1260. The quantitative estimate of drug-likeness (QED) is 0.549. The number of aromatic nitrogens is 1. The monoisotopic (exact) mass is 445 g/mol. The summed E-state index contributed by atoms with van der Waals surface area (Å²) in [6, 6.07) is 13.1. The zero-order valence-electron chi connectivity index (χ0n) is 17.8. The van der Waals surface area contributed by atoms with Crippen molar-refractivity contribution in [1.29, 1.82) is 0 Å². The summed E-state index contributed by atoms with van der Waals surface area (Å²) >= 11 is 1.63. The van der Waals surface area contributed by atoms with Gasteiger partial charge in [-0.1, -0.05) is 6.07 Å². The summed E-state index contributed by atoms with van der Waals surface area (Å²) in [5, 5.41) is 0.907. The van der Waals surface area contributed by atoms with Crippen LogP contribution in [0.4, 0.5) is 5.69 Å². The second kappa shape index (κ2) is 7.24. The number of fused-ring (bicyclic) bond motifs is 1. The number of nitrogens with zero attached hydrogens (tertiary/aromatic N) is 3. The largest absolute Gasteiger partial charge is 0.327 e. The van der Waals surface area contributed by atoms with Crippen molar-refractivity contribution in [2.24, 2.45) is 5.92 Å². The smallest absolute Gasteiger partial charge is 0.257 e. The summed E-state index contributed by atoms with van der Waals surface area (Å²) in [6.45, 7) is 2.06. The van der Waals surface area contributed by atoms with Gasteiger partial charge in [-0.3, -0.25) is 14.4 Å². The minimum atomic E-state index is -0.657. The van der Waals surface area contributed by atoms with Crippen LogP contribution in [0.15, 0.2) is 42.5 Å². The van der Waals surface area contributed by atoms with Crippen LogP contribution in [0.25, 0.3) is 20.8 Å². The van der Waals surface area contributed by atoms with Gasteiger partial charge in [0.2, 0.25) is 11.8 Å². The van der Waals surface area contributed by atoms with Crippen molar-refractivity contribution >= 4 is 45.0 Å². The molecule has 162 valence electrons. The molecule has 2 saturated carbocycles. The van der Waals surface area contributed by atoms with Crippen LogP contribution in [0.2, 0.25) is 0 Å². The van der Waals surface area contributed by atoms with E-state index in [0.717, 1.165) is 46.5 Å². The van der Waals surface area contributed by atoms with Crippen molar-refractivity contribution in [2.45, 2.75) is 51.1 Å². The van der Waals surface area contributed by atoms with E-state index in [2.05, 4.69) is 19.1 Å². The first-order chi connectivity index (χ1) is 15.5. The highest BCUT2D eigenvalue weighted by Crippen LogP contribution is 2.40. The molecule has 1 aromatic heterocycles. The molecular formula is C25H23N3O3S. The summed E-state index contributed by atoms with van der Waals surface area (Å²) in [4.78, 5) is 46.6. The van der Waals surface area contributed by atoms with E-state index >= 15 is 0 Å². The number of carbonyl (C=O) groups excluding carboxylic acids is 3. The van der Waals surface area contributed by atoms with Gasteiger partial charge in [0.1, 0.15) is 11.0 Å². The predicted molar refractivity (Wildman–Crippen MR) is 123 cm³/mol. The van der Waals surface area contributed by atoms with Crippen LogP contribution in [0.1, 0.15) is 37.7 Å². The maximum atomic E-state index is 13.2. The lowest BCUT2D eigenvalue weighted by Crippen LogP contribution is -2.47. The van der Waals surface area contributed by atoms with Gasteiger partial charge < -0.3 is 4.90 Å². The van der Waals surface area contributed by atoms with E-state index in [0.29, 0.717) is 5.69 Å². The Balaban J connectivity index is 1.26. The molecule has 1 unspecified atom stereocenters. The number of thiazole rings is 1. The Hall–Kier alpha value is -3.06. The third-order valence-corrected chi connectivity index (χ3v) is 7.56. The van der Waals surface area contributed by atoms with Crippen LogP contribution < -0.4 is 4.90 Å². The molecule has 0 spiro atoms. The van der Waals surface area contributed by atoms with Crippen LogP contribution in [0.3, 0.4) is 0 Å². The summed E-state index contributed by atoms with van der Waals surface area (Å²) < 4.78 is 1.14. The summed E-state index contributed by atoms with van der Waals surface area (Å²) in [6.07, 6.45) is 3.72. The molecule has 1 atom stereocenters. The van der Waals surface area contributed by atoms with Crippen molar-refractivity contribution in [3.8, 4) is 10.6 Å². The molecule has 3 aliphatic rings. The zero-order valence-corrected chi connectivity index (χ0v) is 18.6. The molecule has 6 nitrogen and oxygen atoms in total. The Morgan fingerprint density at radius 3 is 2.50 bits per heavy atom. The highest BCUT2D eigenvalue weighted by molar-refractivity contribution is 7.21. The van der Waals surface area contributed by atoms with Gasteiger partial charge in [-0.25, -0.2) is 9.88 Å². The first kappa shape index (κ1) is 19.6. The average Bonchev–Trinajstić information content (AvgIpc) is 3.70. The fourth-order valence-corrected chi connectivity index (χ4v) is 5.56. The van der Waals surface area contributed by atoms with Gasteiger partial charge in [-0.2, -0.15) is 0 Å². The molecule has 0 bridgehead atoms. The first-order valence-electron chi connectivity index (χ1n) is 11.2. The second-order valence-corrected chi connectivity index (χ2v) is 10.1. The first-order valence-corrected chi connectivity index (χ1v) is 12.0. The van der Waals surface area contributed by atoms with Crippen LogP contribution >= 0.6 is 11.3 Å². The number of carbonyl (C=O) groups is 3. The number of amides is 3. The van der Waals surface area contributed by atoms with E-state index in [4.69, 9.17) is 4.98 Å². The molecule has 6 rings (SSSR count). The van der Waals surface area contributed by atoms with Gasteiger partial charge in [0.15, 0.2) is 0 Å². The minimum Gasteiger partial charge on any atom is -0.327 e. The number of hydrogen-bond donors (Lipinski definition) is 0. The van der Waals surface area contributed by atoms with E-state index in [9.17, 15) is 14.4 Å². The molecule has 3 fully saturated rings. The van der Waals surface area contributed by atoms with Gasteiger partial charge in [-0.15, -0.1) is 11.3 Å². The van der Waals surface area contributed by atoms with Gasteiger partial charge in [0.25, 0.3) is 5.91 Å². The summed E-state index contributed by atoms with van der Waals surface area (Å²) in [5.41, 5.74) is 3.67. The second-order valence-electron chi connectivity index (χ2n) is 9.08. The molecule has 2 heterocycles. The molecule has 1 aliphatic heterocycles. The highest BCUT2D eigenvalue weighted by Gasteiger charge is 2.51. The number of hydrogen-bond acceptors (Lipinski definition) is 5. The molecular weight excluding hydrogens is 422 g/mol. The van der Waals surface area contributed by atoms with Crippen LogP contribution in [0, 0.1) is 12.8 Å². The van der Waals surface area contributed by atoms with Crippen molar-refractivity contribution < 1.29 is 14.4 Å². The van der Waals surface area contributed by atoms with E-state index in [1.807, 2.05) is 18.2 Å². The normalized spacial score (nSPS) is 20.9. The molecule has 1 saturated heterocycles. The van der Waals surface area contributed by atoms with E-state index in [1.165, 1.54) is 10.5 Å². The topological polar surface area (TPSA) is 70.6 Å². The average molecular weight is 446 g/mol. The molecule has 0 radical (unpaired) electrons. The lowest BCUT2D eigenvalue weighted by molar-refractivity contribution is -0.140. The van der Waals surface area contributed by atoms with Gasteiger partial charge >= 0.3 is 0 Å². The van der Waals surface area contributed by atoms with E-state index < -0.39 is 6.04 Å². The van der Waals surface area contributed by atoms with Crippen LogP contribution in [-0.2, 0) is 14.4 Å². The third-order valence-electron chi connectivity index (χ3n) is 6.50. The molecule has 32 heavy (non-hydrogen) atoms. The minimum absolute atomic E-state index is 0.0458. The lowest BCUT2D eigenvalue weighted by Gasteiger charge is -2.27. The Kier molecular flexibility index (Phi) is 4.43. The van der Waals surface area contributed by atoms with Crippen LogP contribution in [0.5, 0.6) is 0 Å². The Morgan fingerprint density at radius 1 is 1.06 bits per heavy atom. The standard InChI is InChI=1S/C25H23N3O3S/c1-14-2-11-19-21(12-14)32-23(26-19)15-5-7-18(8-6-15)28-22(29)13-20(25(28)31)27(17-9-10-17)24(30)16-3-4-16/h2,5-8,11-12,16-17,20H,3-4,9-10,13H2,1H3. The highest BCUT2D eigenvalue weighted by atomic mass is 32.1. The van der Waals surface area contributed by atoms with Crippen molar-refractivity contribution in [2.75, 3.05) is 4.90 Å². The number of aryl methyl sites for hydroxylation is 1. The molecule has 0 N–H and O–H groups in total. The number of rotatable bonds is 5. The lowest BCUT2D eigenvalue weighted by atomic mass is 10.1. The fourth-order valence-electron chi connectivity index (χ4n) is 4.49. The summed E-state index contributed by atoms with van der Waals surface area (Å²) in [5.74, 6) is -0.414. The molecule has 2 aliphatic carbocycles.